The Morgan fingerprint density at radius 2 is 1.95 bits per heavy atom. The second-order valence-corrected chi connectivity index (χ2v) is 5.12. The van der Waals surface area contributed by atoms with Crippen LogP contribution in [0.5, 0.6) is 0 Å². The second kappa shape index (κ2) is 6.40. The zero-order chi connectivity index (χ0) is 14.6. The maximum atomic E-state index is 12.1. The van der Waals surface area contributed by atoms with E-state index in [1.54, 1.807) is 13.8 Å². The van der Waals surface area contributed by atoms with Gasteiger partial charge in [0.05, 0.1) is 0 Å². The van der Waals surface area contributed by atoms with Gasteiger partial charge in [0.25, 0.3) is 0 Å². The molecule has 1 rings (SSSR count). The summed E-state index contributed by atoms with van der Waals surface area (Å²) in [5.41, 5.74) is 5.27. The summed E-state index contributed by atoms with van der Waals surface area (Å²) in [6, 6.07) is -2.15. The number of rotatable bonds is 4. The summed E-state index contributed by atoms with van der Waals surface area (Å²) < 4.78 is 0. The summed E-state index contributed by atoms with van der Waals surface area (Å²) in [5.74, 6) is -1.87. The van der Waals surface area contributed by atoms with Crippen molar-refractivity contribution in [3.8, 4) is 0 Å². The Kier molecular flexibility index (Phi) is 5.14. The molecule has 4 N–H and O–H groups in total. The first kappa shape index (κ1) is 15.3. The van der Waals surface area contributed by atoms with Gasteiger partial charge in [-0.2, -0.15) is 0 Å². The molecule has 0 aliphatic carbocycles. The van der Waals surface area contributed by atoms with Crippen molar-refractivity contribution in [3.05, 3.63) is 0 Å². The monoisotopic (exact) mass is 271 g/mol. The van der Waals surface area contributed by atoms with Crippen molar-refractivity contribution in [3.63, 3.8) is 0 Å². The van der Waals surface area contributed by atoms with Crippen molar-refractivity contribution in [2.45, 2.75) is 45.2 Å². The molecule has 1 fully saturated rings. The lowest BCUT2D eigenvalue weighted by molar-refractivity contribution is -0.140. The first-order valence-corrected chi connectivity index (χ1v) is 6.43. The molecule has 3 amide bonds. The van der Waals surface area contributed by atoms with Gasteiger partial charge in [-0.25, -0.2) is 9.59 Å². The molecular weight excluding hydrogens is 250 g/mol. The molecule has 0 spiro atoms. The van der Waals surface area contributed by atoms with E-state index in [0.717, 1.165) is 12.8 Å². The van der Waals surface area contributed by atoms with Gasteiger partial charge in [-0.3, -0.25) is 4.79 Å². The van der Waals surface area contributed by atoms with Gasteiger partial charge >= 0.3 is 12.0 Å². The van der Waals surface area contributed by atoms with E-state index in [1.165, 1.54) is 4.90 Å². The summed E-state index contributed by atoms with van der Waals surface area (Å²) in [7, 11) is 0. The van der Waals surface area contributed by atoms with E-state index >= 15 is 0 Å². The van der Waals surface area contributed by atoms with Crippen LogP contribution in [0, 0.1) is 5.92 Å². The quantitative estimate of drug-likeness (QED) is 0.675. The van der Waals surface area contributed by atoms with E-state index in [9.17, 15) is 14.4 Å². The molecule has 7 nitrogen and oxygen atoms in total. The van der Waals surface area contributed by atoms with E-state index in [2.05, 4.69) is 5.32 Å². The predicted octanol–water partition coefficient (Wildman–Crippen LogP) is 0.145. The van der Waals surface area contributed by atoms with Crippen molar-refractivity contribution in [1.29, 1.82) is 0 Å². The molecule has 1 aliphatic rings. The van der Waals surface area contributed by atoms with Crippen LogP contribution in [0.4, 0.5) is 4.79 Å². The molecule has 0 aromatic carbocycles. The van der Waals surface area contributed by atoms with Crippen LogP contribution in [0.1, 0.15) is 33.1 Å². The Balaban J connectivity index is 2.74. The number of likely N-dealkylation sites (tertiary alicyclic amines) is 1. The zero-order valence-electron chi connectivity index (χ0n) is 11.3. The predicted molar refractivity (Wildman–Crippen MR) is 68.3 cm³/mol. The number of hydrogen-bond donors (Lipinski definition) is 3. The summed E-state index contributed by atoms with van der Waals surface area (Å²) in [6.07, 6.45) is 2.16. The number of nitrogens with two attached hydrogens (primary N) is 1. The number of carbonyl (C=O) groups excluding carboxylic acids is 2. The first-order chi connectivity index (χ1) is 8.84. The minimum atomic E-state index is -1.09. The van der Waals surface area contributed by atoms with E-state index in [-0.39, 0.29) is 5.92 Å². The van der Waals surface area contributed by atoms with Gasteiger partial charge in [0.15, 0.2) is 0 Å². The molecule has 108 valence electrons. The highest BCUT2D eigenvalue weighted by atomic mass is 16.4. The van der Waals surface area contributed by atoms with Gasteiger partial charge in [0.2, 0.25) is 5.91 Å². The van der Waals surface area contributed by atoms with Crippen molar-refractivity contribution < 1.29 is 19.5 Å². The summed E-state index contributed by atoms with van der Waals surface area (Å²) in [4.78, 5) is 35.8. The average molecular weight is 271 g/mol. The molecule has 0 saturated carbocycles. The Labute approximate surface area is 112 Å². The highest BCUT2D eigenvalue weighted by molar-refractivity contribution is 5.88. The third kappa shape index (κ3) is 3.84. The van der Waals surface area contributed by atoms with Crippen LogP contribution in [0.15, 0.2) is 0 Å². The number of carboxylic acids is 1. The van der Waals surface area contributed by atoms with E-state index in [4.69, 9.17) is 10.8 Å². The first-order valence-electron chi connectivity index (χ1n) is 6.43. The highest BCUT2D eigenvalue weighted by Gasteiger charge is 2.33. The third-order valence-corrected chi connectivity index (χ3v) is 3.30. The van der Waals surface area contributed by atoms with Gasteiger partial charge < -0.3 is 21.1 Å². The topological polar surface area (TPSA) is 113 Å². The minimum Gasteiger partial charge on any atom is -0.480 e. The Hall–Kier alpha value is -1.79. The molecule has 0 radical (unpaired) electrons. The van der Waals surface area contributed by atoms with Crippen molar-refractivity contribution in [2.75, 3.05) is 6.54 Å². The van der Waals surface area contributed by atoms with Crippen molar-refractivity contribution in [1.82, 2.24) is 10.2 Å². The van der Waals surface area contributed by atoms with Crippen LogP contribution >= 0.6 is 0 Å². The van der Waals surface area contributed by atoms with Crippen molar-refractivity contribution in [2.24, 2.45) is 11.7 Å². The molecule has 1 heterocycles. The molecular formula is C12H21N3O4. The number of amides is 3. The number of aliphatic carboxylic acids is 1. The van der Waals surface area contributed by atoms with E-state index in [0.29, 0.717) is 13.0 Å². The SMILES string of the molecule is CC(C)[C@H](NC(=O)N1CCCCC1C(N)=O)C(=O)O. The van der Waals surface area contributed by atoms with Gasteiger partial charge in [0.1, 0.15) is 12.1 Å². The molecule has 7 heteroatoms. The standard InChI is InChI=1S/C12H21N3O4/c1-7(2)9(11(17)18)14-12(19)15-6-4-3-5-8(15)10(13)16/h7-9H,3-6H2,1-2H3,(H2,13,16)(H,14,19)(H,17,18)/t8?,9-/m0/s1. The number of carbonyl (C=O) groups is 3. The zero-order valence-corrected chi connectivity index (χ0v) is 11.3. The lowest BCUT2D eigenvalue weighted by Crippen LogP contribution is -2.57. The maximum absolute atomic E-state index is 12.1. The van der Waals surface area contributed by atoms with Gasteiger partial charge in [-0.15, -0.1) is 0 Å². The largest absolute Gasteiger partial charge is 0.480 e. The fourth-order valence-electron chi connectivity index (χ4n) is 2.20. The second-order valence-electron chi connectivity index (χ2n) is 5.12. The molecule has 0 bridgehead atoms. The average Bonchev–Trinajstić information content (AvgIpc) is 2.34. The van der Waals surface area contributed by atoms with Gasteiger partial charge in [-0.05, 0) is 25.2 Å². The summed E-state index contributed by atoms with van der Waals surface area (Å²) in [6.45, 7) is 3.84. The lowest BCUT2D eigenvalue weighted by Gasteiger charge is -2.34. The van der Waals surface area contributed by atoms with Gasteiger partial charge in [0, 0.05) is 6.54 Å². The molecule has 2 atom stereocenters. The third-order valence-electron chi connectivity index (χ3n) is 3.30. The van der Waals surface area contributed by atoms with Gasteiger partial charge in [-0.1, -0.05) is 13.8 Å². The van der Waals surface area contributed by atoms with Crippen LogP contribution in [-0.4, -0.2) is 46.5 Å². The molecule has 19 heavy (non-hydrogen) atoms. The number of nitrogens with zero attached hydrogens (tertiary/aromatic N) is 1. The maximum Gasteiger partial charge on any atom is 0.326 e. The summed E-state index contributed by atoms with van der Waals surface area (Å²) in [5, 5.41) is 11.5. The number of nitrogens with one attached hydrogen (secondary N) is 1. The fraction of sp³-hybridized carbons (Fsp3) is 0.750. The number of hydrogen-bond acceptors (Lipinski definition) is 3. The number of primary amides is 1. The molecule has 0 aromatic rings. The number of urea groups is 1. The Morgan fingerprint density at radius 3 is 2.42 bits per heavy atom. The molecule has 1 aliphatic heterocycles. The molecule has 1 unspecified atom stereocenters. The van der Waals surface area contributed by atoms with Crippen LogP contribution in [0.3, 0.4) is 0 Å². The van der Waals surface area contributed by atoms with E-state index < -0.39 is 30.0 Å². The van der Waals surface area contributed by atoms with Crippen LogP contribution < -0.4 is 11.1 Å². The lowest BCUT2D eigenvalue weighted by atomic mass is 10.0. The van der Waals surface area contributed by atoms with Crippen LogP contribution in [0.25, 0.3) is 0 Å². The van der Waals surface area contributed by atoms with Crippen molar-refractivity contribution >= 4 is 17.9 Å². The normalized spacial score (nSPS) is 21.0. The van der Waals surface area contributed by atoms with Crippen LogP contribution in [-0.2, 0) is 9.59 Å². The minimum absolute atomic E-state index is 0.238. The number of carboxylic acid groups (broad SMARTS) is 1. The smallest absolute Gasteiger partial charge is 0.326 e. The molecule has 1 saturated heterocycles. The van der Waals surface area contributed by atoms with Crippen LogP contribution in [0.2, 0.25) is 0 Å². The Morgan fingerprint density at radius 1 is 1.32 bits per heavy atom. The summed E-state index contributed by atoms with van der Waals surface area (Å²) >= 11 is 0. The highest BCUT2D eigenvalue weighted by Crippen LogP contribution is 2.17. The molecule has 0 aromatic heterocycles. The fourth-order valence-corrected chi connectivity index (χ4v) is 2.20. The van der Waals surface area contributed by atoms with E-state index in [1.807, 2.05) is 0 Å². The number of piperidine rings is 1. The Bertz CT molecular complexity index is 370.